The van der Waals surface area contributed by atoms with Crippen LogP contribution in [0.15, 0.2) is 18.2 Å². The Morgan fingerprint density at radius 2 is 1.95 bits per heavy atom. The number of hydrogen-bond donors (Lipinski definition) is 1. The molecule has 0 bridgehead atoms. The second-order valence-corrected chi connectivity index (χ2v) is 5.36. The van der Waals surface area contributed by atoms with Crippen molar-refractivity contribution in [2.24, 2.45) is 0 Å². The normalized spacial score (nSPS) is 23.6. The highest BCUT2D eigenvalue weighted by atomic mass is 16.5. The van der Waals surface area contributed by atoms with Crippen LogP contribution in [0.3, 0.4) is 0 Å². The van der Waals surface area contributed by atoms with Crippen molar-refractivity contribution in [3.63, 3.8) is 0 Å². The quantitative estimate of drug-likeness (QED) is 0.869. The van der Waals surface area contributed by atoms with Crippen LogP contribution in [0.4, 0.5) is 0 Å². The van der Waals surface area contributed by atoms with Crippen LogP contribution < -0.4 is 14.8 Å². The van der Waals surface area contributed by atoms with E-state index < -0.39 is 0 Å². The Bertz CT molecular complexity index is 436. The Morgan fingerprint density at radius 1 is 1.15 bits per heavy atom. The largest absolute Gasteiger partial charge is 0.497 e. The third-order valence-corrected chi connectivity index (χ3v) is 4.11. The van der Waals surface area contributed by atoms with E-state index in [1.54, 1.807) is 21.3 Å². The highest BCUT2D eigenvalue weighted by molar-refractivity contribution is 5.42. The van der Waals surface area contributed by atoms with Gasteiger partial charge in [0.2, 0.25) is 0 Å². The maximum atomic E-state index is 5.47. The summed E-state index contributed by atoms with van der Waals surface area (Å²) < 4.78 is 16.1. The molecular weight excluding hydrogens is 254 g/mol. The summed E-state index contributed by atoms with van der Waals surface area (Å²) in [5, 5.41) is 3.67. The van der Waals surface area contributed by atoms with Crippen molar-refractivity contribution in [1.82, 2.24) is 5.32 Å². The Kier molecular flexibility index (Phi) is 5.26. The molecule has 1 aromatic carbocycles. The van der Waals surface area contributed by atoms with Crippen molar-refractivity contribution < 1.29 is 14.2 Å². The van der Waals surface area contributed by atoms with E-state index in [-0.39, 0.29) is 6.04 Å². The van der Waals surface area contributed by atoms with Crippen LogP contribution in [-0.2, 0) is 4.74 Å². The first-order valence-electron chi connectivity index (χ1n) is 7.18. The summed E-state index contributed by atoms with van der Waals surface area (Å²) in [6, 6.07) is 6.74. The van der Waals surface area contributed by atoms with Crippen LogP contribution in [0, 0.1) is 0 Å². The molecule has 1 N–H and O–H groups in total. The molecule has 0 radical (unpaired) electrons. The van der Waals surface area contributed by atoms with Crippen LogP contribution in [-0.4, -0.2) is 33.5 Å². The molecule has 2 rings (SSSR count). The summed E-state index contributed by atoms with van der Waals surface area (Å²) in [7, 11) is 5.16. The second-order valence-electron chi connectivity index (χ2n) is 5.36. The van der Waals surface area contributed by atoms with Gasteiger partial charge in [-0.05, 0) is 32.3 Å². The van der Waals surface area contributed by atoms with E-state index in [0.29, 0.717) is 12.1 Å². The third-order valence-electron chi connectivity index (χ3n) is 4.11. The van der Waals surface area contributed by atoms with Gasteiger partial charge in [0.1, 0.15) is 11.5 Å². The molecular formula is C16H25NO3. The lowest BCUT2D eigenvalue weighted by Crippen LogP contribution is -2.30. The molecule has 1 aliphatic rings. The first-order valence-corrected chi connectivity index (χ1v) is 7.18. The molecule has 1 aliphatic carbocycles. The van der Waals surface area contributed by atoms with Crippen molar-refractivity contribution in [3.8, 4) is 11.5 Å². The van der Waals surface area contributed by atoms with Gasteiger partial charge in [0, 0.05) is 30.8 Å². The molecule has 3 atom stereocenters. The van der Waals surface area contributed by atoms with Crippen LogP contribution in [0.1, 0.15) is 37.8 Å². The molecule has 3 unspecified atom stereocenters. The topological polar surface area (TPSA) is 39.7 Å². The standard InChI is InChI=1S/C16H25NO3/c1-11(17-12-5-6-13(9-12)18-2)15-8-7-14(19-3)10-16(15)20-4/h7-8,10-13,17H,5-6,9H2,1-4H3. The number of nitrogens with one attached hydrogen (secondary N) is 1. The van der Waals surface area contributed by atoms with E-state index in [4.69, 9.17) is 14.2 Å². The van der Waals surface area contributed by atoms with Crippen LogP contribution in [0.2, 0.25) is 0 Å². The first kappa shape index (κ1) is 15.1. The smallest absolute Gasteiger partial charge is 0.127 e. The molecule has 1 fully saturated rings. The van der Waals surface area contributed by atoms with Crippen LogP contribution in [0.5, 0.6) is 11.5 Å². The molecule has 0 amide bonds. The molecule has 0 heterocycles. The van der Waals surface area contributed by atoms with Gasteiger partial charge in [-0.1, -0.05) is 6.07 Å². The van der Waals surface area contributed by atoms with Crippen molar-refractivity contribution in [1.29, 1.82) is 0 Å². The summed E-state index contributed by atoms with van der Waals surface area (Å²) in [6.45, 7) is 2.17. The maximum Gasteiger partial charge on any atom is 0.127 e. The predicted octanol–water partition coefficient (Wildman–Crippen LogP) is 2.92. The summed E-state index contributed by atoms with van der Waals surface area (Å²) in [4.78, 5) is 0. The lowest BCUT2D eigenvalue weighted by atomic mass is 10.1. The fraction of sp³-hybridized carbons (Fsp3) is 0.625. The van der Waals surface area contributed by atoms with Gasteiger partial charge < -0.3 is 19.5 Å². The molecule has 4 nitrogen and oxygen atoms in total. The zero-order valence-corrected chi connectivity index (χ0v) is 12.8. The number of methoxy groups -OCH3 is 3. The summed E-state index contributed by atoms with van der Waals surface area (Å²) >= 11 is 0. The zero-order valence-electron chi connectivity index (χ0n) is 12.8. The molecule has 1 saturated carbocycles. The summed E-state index contributed by atoms with van der Waals surface area (Å²) in [6.07, 6.45) is 3.79. The molecule has 0 saturated heterocycles. The summed E-state index contributed by atoms with van der Waals surface area (Å²) in [5.74, 6) is 1.68. The SMILES string of the molecule is COc1ccc(C(C)NC2CCC(OC)C2)c(OC)c1. The fourth-order valence-electron chi connectivity index (χ4n) is 2.93. The van der Waals surface area contributed by atoms with Crippen molar-refractivity contribution >= 4 is 0 Å². The lowest BCUT2D eigenvalue weighted by molar-refractivity contribution is 0.106. The number of hydrogen-bond acceptors (Lipinski definition) is 4. The van der Waals surface area contributed by atoms with Gasteiger partial charge in [-0.15, -0.1) is 0 Å². The Morgan fingerprint density at radius 3 is 2.55 bits per heavy atom. The Labute approximate surface area is 121 Å². The van der Waals surface area contributed by atoms with E-state index in [1.165, 1.54) is 6.42 Å². The second kappa shape index (κ2) is 6.95. The third kappa shape index (κ3) is 3.44. The fourth-order valence-corrected chi connectivity index (χ4v) is 2.93. The summed E-state index contributed by atoms with van der Waals surface area (Å²) in [5.41, 5.74) is 1.16. The van der Waals surface area contributed by atoms with Crippen molar-refractivity contribution in [2.75, 3.05) is 21.3 Å². The molecule has 1 aromatic rings. The highest BCUT2D eigenvalue weighted by Crippen LogP contribution is 2.31. The van der Waals surface area contributed by atoms with E-state index in [1.807, 2.05) is 12.1 Å². The average Bonchev–Trinajstić information content (AvgIpc) is 2.94. The van der Waals surface area contributed by atoms with E-state index in [9.17, 15) is 0 Å². The molecule has 0 aliphatic heterocycles. The van der Waals surface area contributed by atoms with Gasteiger partial charge in [0.15, 0.2) is 0 Å². The molecule has 0 spiro atoms. The van der Waals surface area contributed by atoms with Crippen molar-refractivity contribution in [3.05, 3.63) is 23.8 Å². The number of ether oxygens (including phenoxy) is 3. The Balaban J connectivity index is 2.03. The lowest BCUT2D eigenvalue weighted by Gasteiger charge is -2.22. The highest BCUT2D eigenvalue weighted by Gasteiger charge is 2.26. The Hall–Kier alpha value is -1.26. The predicted molar refractivity (Wildman–Crippen MR) is 79.5 cm³/mol. The van der Waals surface area contributed by atoms with Gasteiger partial charge in [-0.25, -0.2) is 0 Å². The van der Waals surface area contributed by atoms with Crippen molar-refractivity contribution in [2.45, 2.75) is 44.4 Å². The molecule has 112 valence electrons. The van der Waals surface area contributed by atoms with Gasteiger partial charge in [-0.3, -0.25) is 0 Å². The molecule has 20 heavy (non-hydrogen) atoms. The van der Waals surface area contributed by atoms with Crippen LogP contribution >= 0.6 is 0 Å². The number of rotatable bonds is 6. The van der Waals surface area contributed by atoms with E-state index >= 15 is 0 Å². The van der Waals surface area contributed by atoms with E-state index in [2.05, 4.69) is 18.3 Å². The average molecular weight is 279 g/mol. The van der Waals surface area contributed by atoms with Gasteiger partial charge in [0.25, 0.3) is 0 Å². The first-order chi connectivity index (χ1) is 9.67. The van der Waals surface area contributed by atoms with Gasteiger partial charge in [-0.2, -0.15) is 0 Å². The van der Waals surface area contributed by atoms with Gasteiger partial charge in [0.05, 0.1) is 20.3 Å². The minimum atomic E-state index is 0.247. The van der Waals surface area contributed by atoms with Gasteiger partial charge >= 0.3 is 0 Å². The molecule has 0 aromatic heterocycles. The zero-order chi connectivity index (χ0) is 14.5. The molecule has 4 heteroatoms. The van der Waals surface area contributed by atoms with Crippen LogP contribution in [0.25, 0.3) is 0 Å². The maximum absolute atomic E-state index is 5.47. The monoisotopic (exact) mass is 279 g/mol. The van der Waals surface area contributed by atoms with E-state index in [0.717, 1.165) is 29.9 Å². The minimum Gasteiger partial charge on any atom is -0.497 e. The minimum absolute atomic E-state index is 0.247. The number of benzene rings is 1.